The zero-order valence-electron chi connectivity index (χ0n) is 11.7. The summed E-state index contributed by atoms with van der Waals surface area (Å²) in [6.45, 7) is 3.32. The van der Waals surface area contributed by atoms with Gasteiger partial charge in [-0.05, 0) is 25.0 Å². The molecule has 112 valence electrons. The van der Waals surface area contributed by atoms with Gasteiger partial charge in [-0.1, -0.05) is 18.5 Å². The predicted molar refractivity (Wildman–Crippen MR) is 83.9 cm³/mol. The van der Waals surface area contributed by atoms with Crippen molar-refractivity contribution in [2.45, 2.75) is 19.8 Å². The molecule has 1 rings (SSSR count). The van der Waals surface area contributed by atoms with Crippen molar-refractivity contribution in [3.8, 4) is 0 Å². The molecule has 2 N–H and O–H groups in total. The van der Waals surface area contributed by atoms with Gasteiger partial charge in [0.15, 0.2) is 0 Å². The van der Waals surface area contributed by atoms with Gasteiger partial charge in [-0.15, -0.1) is 0 Å². The molecule has 1 unspecified atom stereocenters. The smallest absolute Gasteiger partial charge is 0.251 e. The van der Waals surface area contributed by atoms with E-state index >= 15 is 0 Å². The van der Waals surface area contributed by atoms with E-state index in [2.05, 4.69) is 15.6 Å². The largest absolute Gasteiger partial charge is 0.370 e. The molecule has 7 heteroatoms. The summed E-state index contributed by atoms with van der Waals surface area (Å²) in [6, 6.07) is 3.21. The van der Waals surface area contributed by atoms with Crippen molar-refractivity contribution in [2.75, 3.05) is 30.4 Å². The molecule has 5 nitrogen and oxygen atoms in total. The molecule has 1 atom stereocenters. The van der Waals surface area contributed by atoms with Crippen LogP contribution in [0.1, 0.15) is 30.1 Å². The number of amides is 1. The maximum absolute atomic E-state index is 12.0. The molecule has 0 saturated carbocycles. The first-order valence-corrected chi connectivity index (χ1v) is 8.63. The Morgan fingerprint density at radius 2 is 2.15 bits per heavy atom. The van der Waals surface area contributed by atoms with Crippen molar-refractivity contribution in [3.63, 3.8) is 0 Å². The lowest BCUT2D eigenvalue weighted by Crippen LogP contribution is -2.25. The number of rotatable bonds is 8. The van der Waals surface area contributed by atoms with E-state index in [1.807, 2.05) is 6.92 Å². The number of aromatic nitrogens is 1. The third-order valence-corrected chi connectivity index (χ3v) is 3.56. The number of nitrogens with one attached hydrogen (secondary N) is 2. The Kier molecular flexibility index (Phi) is 7.54. The first-order chi connectivity index (χ1) is 9.52. The van der Waals surface area contributed by atoms with Crippen molar-refractivity contribution in [1.29, 1.82) is 0 Å². The Morgan fingerprint density at radius 1 is 1.40 bits per heavy atom. The Hall–Kier alpha value is -1.14. The van der Waals surface area contributed by atoms with E-state index in [0.29, 0.717) is 30.1 Å². The number of pyridine rings is 1. The highest BCUT2D eigenvalue weighted by atomic mass is 35.5. The highest BCUT2D eigenvalue weighted by Gasteiger charge is 2.08. The van der Waals surface area contributed by atoms with Crippen LogP contribution in [0.15, 0.2) is 12.1 Å². The van der Waals surface area contributed by atoms with Crippen LogP contribution in [0.2, 0.25) is 5.15 Å². The predicted octanol–water partition coefficient (Wildman–Crippen LogP) is 2.06. The van der Waals surface area contributed by atoms with Crippen molar-refractivity contribution in [3.05, 3.63) is 22.8 Å². The molecule has 0 aliphatic carbocycles. The van der Waals surface area contributed by atoms with Gasteiger partial charge in [-0.2, -0.15) is 0 Å². The summed E-state index contributed by atoms with van der Waals surface area (Å²) in [6.07, 6.45) is 3.30. The molecule has 1 heterocycles. The normalized spacial score (nSPS) is 11.9. The molecule has 1 amide bonds. The fourth-order valence-corrected chi connectivity index (χ4v) is 2.31. The number of hydrogen-bond acceptors (Lipinski definition) is 4. The maximum atomic E-state index is 12.0. The van der Waals surface area contributed by atoms with Gasteiger partial charge < -0.3 is 10.6 Å². The van der Waals surface area contributed by atoms with Crippen LogP contribution in [0, 0.1) is 0 Å². The first-order valence-electron chi connectivity index (χ1n) is 6.52. The number of carbonyl (C=O) groups is 1. The van der Waals surface area contributed by atoms with Gasteiger partial charge in [0.1, 0.15) is 11.0 Å². The molecule has 0 aliphatic heterocycles. The molecule has 0 bridgehead atoms. The summed E-state index contributed by atoms with van der Waals surface area (Å²) in [5.74, 6) is 0.982. The lowest BCUT2D eigenvalue weighted by atomic mass is 10.2. The molecule has 20 heavy (non-hydrogen) atoms. The second-order valence-electron chi connectivity index (χ2n) is 4.38. The lowest BCUT2D eigenvalue weighted by molar-refractivity contribution is 0.0953. The van der Waals surface area contributed by atoms with Crippen molar-refractivity contribution >= 4 is 34.1 Å². The molecule has 0 aromatic carbocycles. The summed E-state index contributed by atoms with van der Waals surface area (Å²) in [4.78, 5) is 16.1. The highest BCUT2D eigenvalue weighted by Crippen LogP contribution is 2.14. The van der Waals surface area contributed by atoms with E-state index in [-0.39, 0.29) is 11.1 Å². The standard InChI is InChI=1S/C13H20ClN3O2S/c1-3-5-15-12-9-10(8-11(14)17-12)13(18)16-6-4-7-20(2)19/h8-9H,3-7H2,1-2H3,(H,15,17)(H,16,18). The van der Waals surface area contributed by atoms with Crippen LogP contribution in [0.5, 0.6) is 0 Å². The van der Waals surface area contributed by atoms with Crippen LogP contribution in [0.4, 0.5) is 5.82 Å². The zero-order chi connectivity index (χ0) is 15.0. The Labute approximate surface area is 127 Å². The van der Waals surface area contributed by atoms with Gasteiger partial charge >= 0.3 is 0 Å². The van der Waals surface area contributed by atoms with E-state index in [9.17, 15) is 9.00 Å². The van der Waals surface area contributed by atoms with Crippen molar-refractivity contribution in [1.82, 2.24) is 10.3 Å². The van der Waals surface area contributed by atoms with E-state index in [1.165, 1.54) is 6.07 Å². The summed E-state index contributed by atoms with van der Waals surface area (Å²) >= 11 is 5.90. The minimum Gasteiger partial charge on any atom is -0.370 e. The zero-order valence-corrected chi connectivity index (χ0v) is 13.3. The van der Waals surface area contributed by atoms with E-state index in [4.69, 9.17) is 11.6 Å². The summed E-state index contributed by atoms with van der Waals surface area (Å²) in [7, 11) is -0.828. The second-order valence-corrected chi connectivity index (χ2v) is 6.32. The number of hydrogen-bond donors (Lipinski definition) is 2. The van der Waals surface area contributed by atoms with Crippen molar-refractivity contribution < 1.29 is 9.00 Å². The van der Waals surface area contributed by atoms with Gasteiger partial charge in [0.25, 0.3) is 5.91 Å². The first kappa shape index (κ1) is 16.9. The van der Waals surface area contributed by atoms with E-state index in [0.717, 1.165) is 13.0 Å². The Balaban J connectivity index is 2.58. The molecule has 1 aromatic heterocycles. The van der Waals surface area contributed by atoms with Crippen LogP contribution in [0.3, 0.4) is 0 Å². The van der Waals surface area contributed by atoms with Crippen LogP contribution in [-0.4, -0.2) is 40.2 Å². The van der Waals surface area contributed by atoms with Crippen LogP contribution < -0.4 is 10.6 Å². The Bertz CT molecular complexity index is 483. The highest BCUT2D eigenvalue weighted by molar-refractivity contribution is 7.84. The molecule has 0 radical (unpaired) electrons. The molecule has 0 spiro atoms. The van der Waals surface area contributed by atoms with Gasteiger partial charge in [0.05, 0.1) is 0 Å². The minimum absolute atomic E-state index is 0.198. The maximum Gasteiger partial charge on any atom is 0.251 e. The number of anilines is 1. The fraction of sp³-hybridized carbons (Fsp3) is 0.538. The fourth-order valence-electron chi connectivity index (χ4n) is 1.55. The van der Waals surface area contributed by atoms with Gasteiger partial charge in [-0.25, -0.2) is 4.98 Å². The molecule has 0 fully saturated rings. The SMILES string of the molecule is CCCNc1cc(C(=O)NCCCS(C)=O)cc(Cl)n1. The van der Waals surface area contributed by atoms with Crippen LogP contribution in [0.25, 0.3) is 0 Å². The number of carbonyl (C=O) groups excluding carboxylic acids is 1. The van der Waals surface area contributed by atoms with Gasteiger partial charge in [0.2, 0.25) is 0 Å². The third-order valence-electron chi connectivity index (χ3n) is 2.51. The van der Waals surface area contributed by atoms with Crippen LogP contribution >= 0.6 is 11.6 Å². The summed E-state index contributed by atoms with van der Waals surface area (Å²) in [5.41, 5.74) is 0.473. The minimum atomic E-state index is -0.828. The quantitative estimate of drug-likeness (QED) is 0.568. The van der Waals surface area contributed by atoms with Gasteiger partial charge in [0, 0.05) is 41.5 Å². The molecular weight excluding hydrogens is 298 g/mol. The van der Waals surface area contributed by atoms with Gasteiger partial charge in [-0.3, -0.25) is 9.00 Å². The topological polar surface area (TPSA) is 71.1 Å². The molecule has 0 aliphatic rings. The molecule has 0 saturated heterocycles. The van der Waals surface area contributed by atoms with E-state index in [1.54, 1.807) is 12.3 Å². The average Bonchev–Trinajstić information content (AvgIpc) is 2.40. The van der Waals surface area contributed by atoms with E-state index < -0.39 is 10.8 Å². The summed E-state index contributed by atoms with van der Waals surface area (Å²) < 4.78 is 10.9. The number of nitrogens with zero attached hydrogens (tertiary/aromatic N) is 1. The third kappa shape index (κ3) is 6.34. The monoisotopic (exact) mass is 317 g/mol. The van der Waals surface area contributed by atoms with Crippen LogP contribution in [-0.2, 0) is 10.8 Å². The molecule has 1 aromatic rings. The number of halogens is 1. The Morgan fingerprint density at radius 3 is 2.80 bits per heavy atom. The second kappa shape index (κ2) is 8.92. The molecular formula is C13H20ClN3O2S. The lowest BCUT2D eigenvalue weighted by Gasteiger charge is -2.08. The average molecular weight is 318 g/mol. The summed E-state index contributed by atoms with van der Waals surface area (Å²) in [5, 5.41) is 6.16. The van der Waals surface area contributed by atoms with Crippen molar-refractivity contribution in [2.24, 2.45) is 0 Å².